The van der Waals surface area contributed by atoms with Crippen molar-refractivity contribution >= 4 is 5.91 Å². The zero-order valence-electron chi connectivity index (χ0n) is 94.0. The number of rotatable bonds is 8. The summed E-state index contributed by atoms with van der Waals surface area (Å²) in [4.78, 5) is 20.6. The molecule has 13 nitrogen and oxygen atoms in total. The Hall–Kier alpha value is -1.04. The second-order valence-corrected chi connectivity index (χ2v) is 53.7. The number of piperidine rings is 3. The first-order chi connectivity index (χ1) is 59.7. The van der Waals surface area contributed by atoms with Crippen LogP contribution < -0.4 is 21.3 Å². The highest BCUT2D eigenvalue weighted by Crippen LogP contribution is 2.41. The van der Waals surface area contributed by atoms with Crippen LogP contribution in [-0.2, 0) is 19.0 Å². The number of carbonyl (C=O) groups excluding carboxylic acids is 1. The van der Waals surface area contributed by atoms with Crippen LogP contribution in [-0.4, -0.2) is 207 Å². The van der Waals surface area contributed by atoms with Gasteiger partial charge in [0.2, 0.25) is 5.91 Å². The van der Waals surface area contributed by atoms with Crippen molar-refractivity contribution in [2.75, 3.05) is 152 Å². The Bertz CT molecular complexity index is 2590. The molecule has 14 fully saturated rings. The van der Waals surface area contributed by atoms with Gasteiger partial charge in [0.25, 0.3) is 0 Å². The summed E-state index contributed by atoms with van der Waals surface area (Å²) in [5.74, 6) is 15.1. The minimum Gasteiger partial charge on any atom is -0.393 e. The van der Waals surface area contributed by atoms with E-state index in [2.05, 4.69) is 292 Å². The number of aliphatic hydroxyl groups excluding tert-OH is 1. The lowest BCUT2D eigenvalue weighted by Crippen LogP contribution is -2.50. The van der Waals surface area contributed by atoms with Gasteiger partial charge < -0.3 is 60.2 Å². The fourth-order valence-corrected chi connectivity index (χ4v) is 21.3. The molecule has 12 unspecified atom stereocenters. The number of likely N-dealkylation sites (tertiary alicyclic amines) is 4. The summed E-state index contributed by atoms with van der Waals surface area (Å²) < 4.78 is 28.9. The predicted octanol–water partition coefficient (Wildman–Crippen LogP) is 27.3. The average Bonchev–Trinajstić information content (AvgIpc) is 1.60. The number of hydrogen-bond donors (Lipinski definition) is 5. The zero-order chi connectivity index (χ0) is 98.1. The van der Waals surface area contributed by atoms with Crippen LogP contribution >= 0.6 is 0 Å². The number of ether oxygens (including phenoxy) is 3. The summed E-state index contributed by atoms with van der Waals surface area (Å²) in [6.07, 6.45) is 33.2. The van der Waals surface area contributed by atoms with Gasteiger partial charge >= 0.3 is 0 Å². The van der Waals surface area contributed by atoms with Crippen molar-refractivity contribution in [3.63, 3.8) is 0 Å². The monoisotopic (exact) mass is 1830 g/mol. The number of nitrogens with zero attached hydrogens (tertiary/aromatic N) is 4. The first-order valence-electron chi connectivity index (χ1n) is 55.0. The quantitative estimate of drug-likeness (QED) is 0.159. The summed E-state index contributed by atoms with van der Waals surface area (Å²) in [6, 6.07) is 0.780. The highest BCUT2D eigenvalue weighted by atomic mass is 19.1. The number of aliphatic hydroxyl groups is 1. The summed E-state index contributed by atoms with van der Waals surface area (Å²) in [7, 11) is 4.42. The van der Waals surface area contributed by atoms with Gasteiger partial charge in [0.1, 0.15) is 6.17 Å². The van der Waals surface area contributed by atoms with Crippen LogP contribution in [0.1, 0.15) is 410 Å². The van der Waals surface area contributed by atoms with Gasteiger partial charge in [-0.3, -0.25) is 4.79 Å². The van der Waals surface area contributed by atoms with Crippen molar-refractivity contribution < 1.29 is 28.5 Å². The van der Waals surface area contributed by atoms with E-state index in [1.165, 1.54) is 226 Å². The van der Waals surface area contributed by atoms with E-state index in [1.807, 2.05) is 4.90 Å². The third-order valence-electron chi connectivity index (χ3n) is 32.9. The number of amides is 1. The molecule has 0 aromatic carbocycles. The summed E-state index contributed by atoms with van der Waals surface area (Å²) in [5, 5.41) is 22.8. The van der Waals surface area contributed by atoms with Crippen molar-refractivity contribution in [1.82, 2.24) is 40.9 Å². The van der Waals surface area contributed by atoms with Crippen LogP contribution in [0.4, 0.5) is 4.39 Å². The number of nitrogens with one attached hydrogen (secondary N) is 4. The molecule has 5 N–H and O–H groups in total. The van der Waals surface area contributed by atoms with Gasteiger partial charge in [-0.25, -0.2) is 4.39 Å². The molecule has 12 atom stereocenters. The minimum atomic E-state index is -0.617. The number of hydrogen-bond acceptors (Lipinski definition) is 12. The normalized spacial score (nSPS) is 28.5. The van der Waals surface area contributed by atoms with Gasteiger partial charge in [-0.05, 0) is 351 Å². The van der Waals surface area contributed by atoms with E-state index >= 15 is 0 Å². The van der Waals surface area contributed by atoms with Crippen molar-refractivity contribution in [1.29, 1.82) is 0 Å². The molecule has 11 saturated heterocycles. The standard InChI is InChI=1S/C12H23N.C11H21NO.C10H20.2C9H19N.2C9H18O.C8H16FN.2C8H17N.C8H16O.C7H15N.C7H14O/c1-10(2)12-5-7-13(8-6-12)9-11-3-4-11;1-9(13)12-7-5-10(6-8-12)11(2,3)4;1-10(2,3)9-7-5-4-6-8-9;1-9(2,3)8-5-6-10(4)7-8;1-4-8-5-10-6-9(8)7(2)3;1-9(2,3)8-4-6-10-7-5-8;1-7(2)8-5-3-4-6-9(8)10;1-6(2)7-3-4-10-5-8(7)9;1-8(2,3)7-4-5-9-6-7;1-7(2)8-4-5-9(3)6-8;1-8(2,3)7-4-5-9-6-7;2*1-7(2,3)6-4-5-8-6/h10-12H,3-9H2,1-2H3;10H,5-8H2,1-4H3;9H,4-8H2,1-3H3;8H,5-7H2,1-4H3;7-10H,4-6H2,1-3H3;8H,4-7H2,1-3H3;7-10H,3-6H2,1-2H3;6-8,10H,3-5H2,1-2H3;7,9H,4-6H2,1-3H3;7-8H,4-6H2,1-3H3;7H,4-6H2,1-3H3;6,8H,4-5H2,1-3H3;6H,4-5H2,1-3H3. The van der Waals surface area contributed by atoms with E-state index in [1.54, 1.807) is 6.92 Å². The van der Waals surface area contributed by atoms with Gasteiger partial charge in [-0.1, -0.05) is 281 Å². The molecule has 0 spiro atoms. The summed E-state index contributed by atoms with van der Waals surface area (Å²) in [5.41, 5.74) is 3.81. The average molecular weight is 1830 g/mol. The molecule has 14 rings (SSSR count). The topological polar surface area (TPSA) is 126 Å². The molecule has 11 aliphatic heterocycles. The van der Waals surface area contributed by atoms with E-state index in [-0.39, 0.29) is 12.0 Å². The number of alkyl halides is 1. The van der Waals surface area contributed by atoms with E-state index in [4.69, 9.17) is 14.2 Å². The lowest BCUT2D eigenvalue weighted by molar-refractivity contribution is -0.130. The third-order valence-corrected chi connectivity index (χ3v) is 32.9. The van der Waals surface area contributed by atoms with Crippen molar-refractivity contribution in [2.45, 2.75) is 434 Å². The highest BCUT2D eigenvalue weighted by Gasteiger charge is 2.37. The van der Waals surface area contributed by atoms with Crippen LogP contribution in [0.15, 0.2) is 0 Å². The Kier molecular flexibility index (Phi) is 59.1. The van der Waals surface area contributed by atoms with Crippen LogP contribution in [0.5, 0.6) is 0 Å². The SMILES string of the molecule is CC(=O)N1CCC(C(C)(C)C)CC1.CC(C)(C)C1CCCCC1.CC(C)(C)C1CCN1.CC(C)(C)C1CCNC1.CC(C)(C)C1CCO1.CC(C)(C)C1CCOC1.CC(C)(C)C1CCOCC1.CC(C)C1CCCCC1O.CC(C)C1CCN(C)C1.CC(C)C1CCN(CC2CC2)CC1.CC(C)C1CCNCC1F.CCC1CNCC1C(C)C.CN1CCC(C(C)(C)C)C1. The van der Waals surface area contributed by atoms with Gasteiger partial charge in [0.15, 0.2) is 0 Å². The van der Waals surface area contributed by atoms with Crippen molar-refractivity contribution in [3.05, 3.63) is 0 Å². The summed E-state index contributed by atoms with van der Waals surface area (Å²) >= 11 is 0. The second-order valence-electron chi connectivity index (χ2n) is 53.7. The molecule has 1 amide bonds. The first-order valence-corrected chi connectivity index (χ1v) is 55.0. The number of carbonyl (C=O) groups is 1. The molecule has 0 bridgehead atoms. The zero-order valence-corrected chi connectivity index (χ0v) is 94.0. The maximum absolute atomic E-state index is 13.0. The fourth-order valence-electron chi connectivity index (χ4n) is 21.3. The minimum absolute atomic E-state index is 0.00579. The van der Waals surface area contributed by atoms with E-state index in [0.717, 1.165) is 154 Å². The van der Waals surface area contributed by atoms with E-state index in [0.29, 0.717) is 79.6 Å². The Balaban J connectivity index is 0.000000474. The van der Waals surface area contributed by atoms with Crippen LogP contribution in [0.3, 0.4) is 0 Å². The van der Waals surface area contributed by atoms with E-state index < -0.39 is 6.17 Å². The lowest BCUT2D eigenvalue weighted by atomic mass is 9.72. The molecule has 770 valence electrons. The Morgan fingerprint density at radius 3 is 1.11 bits per heavy atom. The lowest BCUT2D eigenvalue weighted by Gasteiger charge is -2.38. The van der Waals surface area contributed by atoms with Gasteiger partial charge in [0.05, 0.1) is 12.2 Å². The van der Waals surface area contributed by atoms with Gasteiger partial charge in [0, 0.05) is 85.3 Å². The van der Waals surface area contributed by atoms with Crippen molar-refractivity contribution in [2.24, 2.45) is 150 Å². The van der Waals surface area contributed by atoms with Crippen LogP contribution in [0, 0.1) is 150 Å². The maximum Gasteiger partial charge on any atom is 0.219 e. The molecule has 0 aromatic rings. The van der Waals surface area contributed by atoms with Crippen molar-refractivity contribution in [3.8, 4) is 0 Å². The smallest absolute Gasteiger partial charge is 0.219 e. The molecule has 0 aromatic heterocycles. The fraction of sp³-hybridized carbons (Fsp3) is 0.991. The predicted molar refractivity (Wildman–Crippen MR) is 563 cm³/mol. The molecule has 14 aliphatic rings. The molecular weight excluding hydrogens is 1590 g/mol. The Morgan fingerprint density at radius 2 is 0.829 bits per heavy atom. The molecule has 129 heavy (non-hydrogen) atoms. The number of halogens is 1. The Labute approximate surface area is 806 Å². The molecular formula is C115H233FN8O5. The van der Waals surface area contributed by atoms with Crippen LogP contribution in [0.2, 0.25) is 0 Å². The Morgan fingerprint density at radius 1 is 0.388 bits per heavy atom. The molecule has 0 radical (unpaired) electrons. The third kappa shape index (κ3) is 53.8. The molecule has 14 heteroatoms. The molecule has 3 aliphatic carbocycles. The van der Waals surface area contributed by atoms with Gasteiger partial charge in [-0.15, -0.1) is 0 Å². The highest BCUT2D eigenvalue weighted by molar-refractivity contribution is 5.73. The largest absolute Gasteiger partial charge is 0.393 e. The summed E-state index contributed by atoms with van der Waals surface area (Å²) in [6.45, 7) is 106. The second kappa shape index (κ2) is 61.5. The molecule has 11 heterocycles. The first kappa shape index (κ1) is 124. The molecule has 3 saturated carbocycles. The van der Waals surface area contributed by atoms with Gasteiger partial charge in [-0.2, -0.15) is 0 Å². The maximum atomic E-state index is 13.0. The van der Waals surface area contributed by atoms with Crippen LogP contribution in [0.25, 0.3) is 0 Å². The van der Waals surface area contributed by atoms with E-state index in [9.17, 15) is 14.3 Å².